The van der Waals surface area contributed by atoms with Crippen LogP contribution in [0.2, 0.25) is 5.02 Å². The third-order valence-corrected chi connectivity index (χ3v) is 6.80. The summed E-state index contributed by atoms with van der Waals surface area (Å²) in [6, 6.07) is 9.20. The van der Waals surface area contributed by atoms with Crippen LogP contribution in [0.4, 0.5) is 0 Å². The number of rotatable bonds is 3. The Morgan fingerprint density at radius 2 is 2.00 bits per heavy atom. The van der Waals surface area contributed by atoms with E-state index in [1.807, 2.05) is 16.3 Å². The Kier molecular flexibility index (Phi) is 5.89. The van der Waals surface area contributed by atoms with Crippen LogP contribution < -0.4 is 4.74 Å². The molecule has 0 N–H and O–H groups in total. The molecule has 3 heterocycles. The van der Waals surface area contributed by atoms with Gasteiger partial charge in [-0.3, -0.25) is 4.79 Å². The Morgan fingerprint density at radius 1 is 1.18 bits per heavy atom. The highest BCUT2D eigenvalue weighted by atomic mass is 35.5. The third kappa shape index (κ3) is 4.04. The second-order valence-corrected chi connectivity index (χ2v) is 8.65. The Bertz CT molecular complexity index is 922. The van der Waals surface area contributed by atoms with E-state index in [9.17, 15) is 4.79 Å². The van der Waals surface area contributed by atoms with Crippen LogP contribution >= 0.6 is 34.7 Å². The highest BCUT2D eigenvalue weighted by molar-refractivity contribution is 8.14. The Morgan fingerprint density at radius 3 is 2.64 bits per heavy atom. The van der Waals surface area contributed by atoms with Crippen molar-refractivity contribution in [2.45, 2.75) is 0 Å². The number of methoxy groups -OCH3 is 1. The van der Waals surface area contributed by atoms with Gasteiger partial charge in [-0.2, -0.15) is 5.10 Å². The molecule has 2 aliphatic rings. The lowest BCUT2D eigenvalue weighted by Crippen LogP contribution is -2.50. The zero-order chi connectivity index (χ0) is 19.5. The molecular weight excluding hydrogens is 416 g/mol. The van der Waals surface area contributed by atoms with Gasteiger partial charge >= 0.3 is 0 Å². The smallest absolute Gasteiger partial charge is 0.257 e. The molecule has 0 spiro atoms. The monoisotopic (exact) mass is 434 g/mol. The number of hydrogen-bond acceptors (Lipinski definition) is 7. The SMILES string of the molecule is COc1ccc(Cl)cc1C(=O)N1CCN(C2=NN=C(c3cccs3)CS2)CC1. The zero-order valence-corrected chi connectivity index (χ0v) is 17.7. The minimum atomic E-state index is -0.0600. The van der Waals surface area contributed by atoms with Gasteiger partial charge in [0.15, 0.2) is 5.17 Å². The first kappa shape index (κ1) is 19.3. The molecule has 6 nitrogen and oxygen atoms in total. The predicted molar refractivity (Wildman–Crippen MR) is 116 cm³/mol. The van der Waals surface area contributed by atoms with Crippen molar-refractivity contribution < 1.29 is 9.53 Å². The fourth-order valence-electron chi connectivity index (χ4n) is 3.13. The molecule has 1 aromatic carbocycles. The number of hydrogen-bond donors (Lipinski definition) is 0. The first-order valence-corrected chi connectivity index (χ1v) is 11.1. The topological polar surface area (TPSA) is 57.5 Å². The van der Waals surface area contributed by atoms with Gasteiger partial charge in [0.1, 0.15) is 5.75 Å². The van der Waals surface area contributed by atoms with Gasteiger partial charge in [-0.1, -0.05) is 29.4 Å². The molecule has 1 saturated heterocycles. The van der Waals surface area contributed by atoms with Crippen LogP contribution in [0.15, 0.2) is 45.9 Å². The second kappa shape index (κ2) is 8.55. The van der Waals surface area contributed by atoms with Crippen LogP contribution in [0.3, 0.4) is 0 Å². The molecule has 0 radical (unpaired) electrons. The van der Waals surface area contributed by atoms with Gasteiger partial charge in [0, 0.05) is 37.0 Å². The van der Waals surface area contributed by atoms with Crippen molar-refractivity contribution in [2.75, 3.05) is 39.0 Å². The molecule has 9 heteroatoms. The first-order chi connectivity index (χ1) is 13.7. The molecule has 1 aromatic heterocycles. The summed E-state index contributed by atoms with van der Waals surface area (Å²) in [5, 5.41) is 12.3. The minimum Gasteiger partial charge on any atom is -0.496 e. The summed E-state index contributed by atoms with van der Waals surface area (Å²) < 4.78 is 5.32. The molecule has 0 saturated carbocycles. The van der Waals surface area contributed by atoms with E-state index in [0.717, 1.165) is 29.7 Å². The van der Waals surface area contributed by atoms with Crippen molar-refractivity contribution in [1.29, 1.82) is 0 Å². The number of carbonyl (C=O) groups is 1. The van der Waals surface area contributed by atoms with Crippen molar-refractivity contribution in [1.82, 2.24) is 9.80 Å². The molecule has 1 amide bonds. The summed E-state index contributed by atoms with van der Waals surface area (Å²) in [5.74, 6) is 1.30. The van der Waals surface area contributed by atoms with Gasteiger partial charge in [0.2, 0.25) is 0 Å². The lowest BCUT2D eigenvalue weighted by atomic mass is 10.1. The van der Waals surface area contributed by atoms with E-state index in [1.54, 1.807) is 48.4 Å². The number of piperazine rings is 1. The van der Waals surface area contributed by atoms with Gasteiger partial charge in [-0.05, 0) is 29.6 Å². The number of ether oxygens (including phenoxy) is 1. The molecule has 0 atom stereocenters. The molecule has 28 heavy (non-hydrogen) atoms. The highest BCUT2D eigenvalue weighted by Crippen LogP contribution is 2.26. The van der Waals surface area contributed by atoms with Crippen LogP contribution in [-0.2, 0) is 0 Å². The second-order valence-electron chi connectivity index (χ2n) is 6.32. The maximum absolute atomic E-state index is 12.9. The summed E-state index contributed by atoms with van der Waals surface area (Å²) >= 11 is 9.45. The van der Waals surface area contributed by atoms with E-state index in [-0.39, 0.29) is 5.91 Å². The maximum atomic E-state index is 12.9. The summed E-state index contributed by atoms with van der Waals surface area (Å²) in [6.45, 7) is 2.69. The standard InChI is InChI=1S/C19H19ClN4O2S2/c1-26-16-5-4-13(20)11-14(16)18(25)23-6-8-24(9-7-23)19-22-21-15(12-28-19)17-3-2-10-27-17/h2-5,10-11H,6-9,12H2,1H3. The predicted octanol–water partition coefficient (Wildman–Crippen LogP) is 3.68. The van der Waals surface area contributed by atoms with Crippen LogP contribution in [-0.4, -0.2) is 65.6 Å². The Hall–Kier alpha value is -2.03. The van der Waals surface area contributed by atoms with Gasteiger partial charge in [-0.15, -0.1) is 16.4 Å². The first-order valence-electron chi connectivity index (χ1n) is 8.84. The largest absolute Gasteiger partial charge is 0.496 e. The van der Waals surface area contributed by atoms with Crippen LogP contribution in [0.5, 0.6) is 5.75 Å². The summed E-state index contributed by atoms with van der Waals surface area (Å²) in [5.41, 5.74) is 1.52. The Balaban J connectivity index is 1.40. The van der Waals surface area contributed by atoms with Gasteiger partial charge in [0.05, 0.1) is 23.3 Å². The molecule has 0 aliphatic carbocycles. The van der Waals surface area contributed by atoms with Crippen LogP contribution in [0.1, 0.15) is 15.2 Å². The molecule has 2 aliphatic heterocycles. The van der Waals surface area contributed by atoms with Gasteiger partial charge in [0.25, 0.3) is 5.91 Å². The van der Waals surface area contributed by atoms with Crippen LogP contribution in [0.25, 0.3) is 0 Å². The average Bonchev–Trinajstić information content (AvgIpc) is 3.28. The van der Waals surface area contributed by atoms with Crippen LogP contribution in [0, 0.1) is 0 Å². The van der Waals surface area contributed by atoms with Crippen molar-refractivity contribution in [3.05, 3.63) is 51.2 Å². The van der Waals surface area contributed by atoms with E-state index in [2.05, 4.69) is 21.2 Å². The quantitative estimate of drug-likeness (QED) is 0.739. The number of nitrogens with zero attached hydrogens (tertiary/aromatic N) is 4. The number of amides is 1. The van der Waals surface area contributed by atoms with Crippen molar-refractivity contribution in [2.24, 2.45) is 10.2 Å². The molecule has 1 fully saturated rings. The molecule has 0 unspecified atom stereocenters. The number of carbonyl (C=O) groups excluding carboxylic acids is 1. The van der Waals surface area contributed by atoms with E-state index >= 15 is 0 Å². The van der Waals surface area contributed by atoms with E-state index in [4.69, 9.17) is 16.3 Å². The fraction of sp³-hybridized carbons (Fsp3) is 0.316. The number of amidine groups is 1. The number of halogens is 1. The zero-order valence-electron chi connectivity index (χ0n) is 15.3. The Labute approximate surface area is 176 Å². The number of thiophene rings is 1. The van der Waals surface area contributed by atoms with Gasteiger partial charge in [-0.25, -0.2) is 0 Å². The molecule has 4 rings (SSSR count). The van der Waals surface area contributed by atoms with E-state index < -0.39 is 0 Å². The van der Waals surface area contributed by atoms with Crippen molar-refractivity contribution in [3.63, 3.8) is 0 Å². The number of thioether (sulfide) groups is 1. The third-order valence-electron chi connectivity index (χ3n) is 4.63. The lowest BCUT2D eigenvalue weighted by molar-refractivity contribution is 0.0690. The van der Waals surface area contributed by atoms with Gasteiger partial charge < -0.3 is 14.5 Å². The lowest BCUT2D eigenvalue weighted by Gasteiger charge is -2.36. The summed E-state index contributed by atoms with van der Waals surface area (Å²) in [7, 11) is 1.56. The van der Waals surface area contributed by atoms with E-state index in [1.165, 1.54) is 4.88 Å². The molecule has 146 valence electrons. The maximum Gasteiger partial charge on any atom is 0.257 e. The average molecular weight is 435 g/mol. The summed E-state index contributed by atoms with van der Waals surface area (Å²) in [4.78, 5) is 18.1. The normalized spacial score (nSPS) is 17.2. The molecule has 2 aromatic rings. The summed E-state index contributed by atoms with van der Waals surface area (Å²) in [6.07, 6.45) is 0. The van der Waals surface area contributed by atoms with Crippen molar-refractivity contribution >= 4 is 51.5 Å². The molecular formula is C19H19ClN4O2S2. The number of benzene rings is 1. The van der Waals surface area contributed by atoms with E-state index in [0.29, 0.717) is 29.4 Å². The highest BCUT2D eigenvalue weighted by Gasteiger charge is 2.27. The fourth-order valence-corrected chi connectivity index (χ4v) is 5.05. The van der Waals surface area contributed by atoms with Crippen molar-refractivity contribution in [3.8, 4) is 5.75 Å². The molecule has 0 bridgehead atoms. The minimum absolute atomic E-state index is 0.0600.